The maximum absolute atomic E-state index is 12.7. The van der Waals surface area contributed by atoms with Gasteiger partial charge in [-0.15, -0.1) is 0 Å². The average molecular weight is 531 g/mol. The lowest BCUT2D eigenvalue weighted by molar-refractivity contribution is 0.0930. The molecule has 8 nitrogen and oxygen atoms in total. The number of amides is 1. The lowest BCUT2D eigenvalue weighted by Gasteiger charge is -2.31. The summed E-state index contributed by atoms with van der Waals surface area (Å²) in [6.45, 7) is 3.16. The molecule has 2 aromatic carbocycles. The summed E-state index contributed by atoms with van der Waals surface area (Å²) in [5.74, 6) is 3.37. The van der Waals surface area contributed by atoms with Crippen molar-refractivity contribution in [3.63, 3.8) is 0 Å². The first-order chi connectivity index (χ1) is 18.5. The third-order valence-electron chi connectivity index (χ3n) is 6.21. The number of ether oxygens (including phenoxy) is 3. The van der Waals surface area contributed by atoms with Gasteiger partial charge in [0.15, 0.2) is 5.16 Å². The molecule has 38 heavy (non-hydrogen) atoms. The first-order valence-corrected chi connectivity index (χ1v) is 13.5. The third kappa shape index (κ3) is 6.86. The zero-order valence-electron chi connectivity index (χ0n) is 21.4. The smallest absolute Gasteiger partial charge is 0.415 e. The summed E-state index contributed by atoms with van der Waals surface area (Å²) in [6.07, 6.45) is 6.69. The lowest BCUT2D eigenvalue weighted by Crippen LogP contribution is -2.43. The number of imidazole rings is 1. The Hall–Kier alpha value is -3.98. The van der Waals surface area contributed by atoms with Crippen molar-refractivity contribution in [3.8, 4) is 23.1 Å². The van der Waals surface area contributed by atoms with Gasteiger partial charge in [0, 0.05) is 63.4 Å². The summed E-state index contributed by atoms with van der Waals surface area (Å²) in [7, 11) is 1.98. The van der Waals surface area contributed by atoms with Crippen LogP contribution in [0.1, 0.15) is 24.0 Å². The quantitative estimate of drug-likeness (QED) is 0.249. The second-order valence-electron chi connectivity index (χ2n) is 9.17. The fraction of sp³-hybridized carbons (Fsp3) is 0.276. The minimum atomic E-state index is -0.329. The number of benzene rings is 2. The molecule has 2 aromatic heterocycles. The Kier molecular flexibility index (Phi) is 8.13. The first-order valence-electron chi connectivity index (χ1n) is 12.5. The van der Waals surface area contributed by atoms with Gasteiger partial charge in [0.1, 0.15) is 23.4 Å². The zero-order valence-corrected chi connectivity index (χ0v) is 22.3. The van der Waals surface area contributed by atoms with Gasteiger partial charge in [-0.25, -0.2) is 14.8 Å². The maximum atomic E-state index is 12.7. The largest absolute Gasteiger partial charge is 0.490 e. The maximum Gasteiger partial charge on any atom is 0.415 e. The summed E-state index contributed by atoms with van der Waals surface area (Å²) in [5.41, 5.74) is 2.23. The van der Waals surface area contributed by atoms with Gasteiger partial charge in [0.05, 0.1) is 0 Å². The molecule has 5 rings (SSSR count). The van der Waals surface area contributed by atoms with E-state index in [9.17, 15) is 4.79 Å². The molecule has 0 N–H and O–H groups in total. The van der Waals surface area contributed by atoms with Crippen molar-refractivity contribution in [1.82, 2.24) is 19.4 Å². The van der Waals surface area contributed by atoms with Crippen LogP contribution in [0.2, 0.25) is 0 Å². The van der Waals surface area contributed by atoms with E-state index in [1.54, 1.807) is 29.1 Å². The molecule has 0 bridgehead atoms. The van der Waals surface area contributed by atoms with Crippen LogP contribution >= 0.6 is 11.8 Å². The number of aromatic nitrogens is 3. The van der Waals surface area contributed by atoms with Gasteiger partial charge in [-0.05, 0) is 54.4 Å². The molecular formula is C29H30N4O4S. The fourth-order valence-corrected chi connectivity index (χ4v) is 4.92. The molecule has 0 radical (unpaired) electrons. The minimum Gasteiger partial charge on any atom is -0.490 e. The molecule has 1 saturated heterocycles. The van der Waals surface area contributed by atoms with Gasteiger partial charge in [0.2, 0.25) is 5.88 Å². The summed E-state index contributed by atoms with van der Waals surface area (Å²) in [4.78, 5) is 23.0. The normalized spacial score (nSPS) is 13.8. The van der Waals surface area contributed by atoms with Gasteiger partial charge in [0.25, 0.3) is 0 Å². The van der Waals surface area contributed by atoms with Crippen LogP contribution in [0.15, 0.2) is 84.4 Å². The van der Waals surface area contributed by atoms with Gasteiger partial charge in [-0.2, -0.15) is 0 Å². The molecule has 1 fully saturated rings. The predicted molar refractivity (Wildman–Crippen MR) is 146 cm³/mol. The van der Waals surface area contributed by atoms with Gasteiger partial charge in [-0.1, -0.05) is 30.0 Å². The van der Waals surface area contributed by atoms with Crippen molar-refractivity contribution < 1.29 is 19.0 Å². The number of hydrogen-bond acceptors (Lipinski definition) is 7. The molecule has 1 amide bonds. The number of nitrogens with zero attached hydrogens (tertiary/aromatic N) is 4. The van der Waals surface area contributed by atoms with Crippen molar-refractivity contribution in [2.24, 2.45) is 7.05 Å². The van der Waals surface area contributed by atoms with Gasteiger partial charge in [-0.3, -0.25) is 0 Å². The van der Waals surface area contributed by atoms with E-state index in [2.05, 4.69) is 9.97 Å². The number of carbonyl (C=O) groups excluding carboxylic acids is 1. The monoisotopic (exact) mass is 530 g/mol. The van der Waals surface area contributed by atoms with Crippen LogP contribution < -0.4 is 14.2 Å². The molecule has 0 spiro atoms. The molecule has 4 aromatic rings. The molecular weight excluding hydrogens is 500 g/mol. The van der Waals surface area contributed by atoms with E-state index in [1.165, 1.54) is 0 Å². The number of carbonyl (C=O) groups is 1. The molecule has 0 saturated carbocycles. The van der Waals surface area contributed by atoms with E-state index in [-0.39, 0.29) is 12.2 Å². The molecule has 1 aliphatic heterocycles. The highest BCUT2D eigenvalue weighted by Gasteiger charge is 2.25. The zero-order chi connectivity index (χ0) is 26.3. The van der Waals surface area contributed by atoms with Crippen LogP contribution in [0.5, 0.6) is 23.1 Å². The Balaban J connectivity index is 1.04. The lowest BCUT2D eigenvalue weighted by atomic mass is 10.1. The highest BCUT2D eigenvalue weighted by atomic mass is 32.2. The van der Waals surface area contributed by atoms with Crippen molar-refractivity contribution >= 4 is 17.9 Å². The SMILES string of the molecule is Cc1ccc(Oc2ccc(OC3CCN(C(=O)Oc4ccc(CSc5nccn5C)cc4)CC3)cc2)nc1. The number of rotatable bonds is 8. The van der Waals surface area contributed by atoms with Crippen molar-refractivity contribution in [2.75, 3.05) is 13.1 Å². The Morgan fingerprint density at radius 1 is 0.947 bits per heavy atom. The second-order valence-corrected chi connectivity index (χ2v) is 10.1. The van der Waals surface area contributed by atoms with E-state index in [0.717, 1.165) is 40.6 Å². The van der Waals surface area contributed by atoms with Crippen molar-refractivity contribution in [2.45, 2.75) is 36.8 Å². The van der Waals surface area contributed by atoms with Gasteiger partial charge < -0.3 is 23.7 Å². The molecule has 0 aliphatic carbocycles. The first kappa shape index (κ1) is 25.7. The summed E-state index contributed by atoms with van der Waals surface area (Å²) < 4.78 is 19.5. The van der Waals surface area contributed by atoms with Crippen LogP contribution in [-0.4, -0.2) is 44.7 Å². The Morgan fingerprint density at radius 3 is 2.32 bits per heavy atom. The molecule has 3 heterocycles. The standard InChI is InChI=1S/C29H30N4O4S/c1-21-3-12-27(31-19-21)36-24-10-8-23(9-11-24)35-26-13-16-33(17-14-26)29(34)37-25-6-4-22(5-7-25)20-38-28-30-15-18-32(28)2/h3-12,15,18-19,26H,13-14,16-17,20H2,1-2H3. The number of thioether (sulfide) groups is 1. The number of piperidine rings is 1. The second kappa shape index (κ2) is 12.0. The van der Waals surface area contributed by atoms with Crippen molar-refractivity contribution in [3.05, 3.63) is 90.4 Å². The fourth-order valence-electron chi connectivity index (χ4n) is 4.03. The van der Waals surface area contributed by atoms with E-state index in [4.69, 9.17) is 14.2 Å². The van der Waals surface area contributed by atoms with E-state index in [0.29, 0.717) is 30.5 Å². The summed E-state index contributed by atoms with van der Waals surface area (Å²) >= 11 is 1.67. The molecule has 1 aliphatic rings. The van der Waals surface area contributed by atoms with E-state index < -0.39 is 0 Å². The Bertz CT molecular complexity index is 1330. The number of hydrogen-bond donors (Lipinski definition) is 0. The molecule has 196 valence electrons. The average Bonchev–Trinajstić information content (AvgIpc) is 3.35. The minimum absolute atomic E-state index is 0.0417. The van der Waals surface area contributed by atoms with Crippen LogP contribution in [0.4, 0.5) is 4.79 Å². The van der Waals surface area contributed by atoms with Crippen LogP contribution in [0.3, 0.4) is 0 Å². The third-order valence-corrected chi connectivity index (χ3v) is 7.34. The molecule has 0 atom stereocenters. The highest BCUT2D eigenvalue weighted by Crippen LogP contribution is 2.26. The highest BCUT2D eigenvalue weighted by molar-refractivity contribution is 7.98. The topological polar surface area (TPSA) is 78.7 Å². The van der Waals surface area contributed by atoms with Crippen LogP contribution in [-0.2, 0) is 12.8 Å². The number of aryl methyl sites for hydroxylation is 2. The van der Waals surface area contributed by atoms with Crippen molar-refractivity contribution in [1.29, 1.82) is 0 Å². The predicted octanol–water partition coefficient (Wildman–Crippen LogP) is 6.25. The number of pyridine rings is 1. The van der Waals surface area contributed by atoms with Crippen LogP contribution in [0, 0.1) is 6.92 Å². The summed E-state index contributed by atoms with van der Waals surface area (Å²) in [6, 6.07) is 19.0. The van der Waals surface area contributed by atoms with Crippen LogP contribution in [0.25, 0.3) is 0 Å². The van der Waals surface area contributed by atoms with Gasteiger partial charge >= 0.3 is 6.09 Å². The number of likely N-dealkylation sites (tertiary alicyclic amines) is 1. The summed E-state index contributed by atoms with van der Waals surface area (Å²) in [5, 5.41) is 0.967. The Morgan fingerprint density at radius 2 is 1.66 bits per heavy atom. The van der Waals surface area contributed by atoms with E-state index >= 15 is 0 Å². The molecule has 0 unspecified atom stereocenters. The Labute approximate surface area is 226 Å². The molecule has 9 heteroatoms. The van der Waals surface area contributed by atoms with E-state index in [1.807, 2.05) is 85.4 Å².